The summed E-state index contributed by atoms with van der Waals surface area (Å²) in [5.74, 6) is -2.59. The molecule has 2 aromatic carbocycles. The normalized spacial score (nSPS) is 24.2. The number of phosphoric ester groups is 1. The maximum Gasteiger partial charge on any atom is 0.475 e. The number of aliphatic hydroxyl groups excluding tert-OH is 1. The summed E-state index contributed by atoms with van der Waals surface area (Å²) in [6.45, 7) is -4.59. The second-order valence-corrected chi connectivity index (χ2v) is 19.1. The van der Waals surface area contributed by atoms with E-state index in [0.717, 1.165) is 11.0 Å². The van der Waals surface area contributed by atoms with Crippen molar-refractivity contribution in [1.29, 1.82) is 10.5 Å². The molecule has 7 rings (SSSR count). The third kappa shape index (κ3) is 11.0. The molecule has 2 fully saturated rings. The average Bonchev–Trinajstić information content (AvgIpc) is 4.13. The number of nitrogens with zero attached hydrogens (tertiary/aromatic N) is 9. The van der Waals surface area contributed by atoms with Crippen LogP contribution in [0.3, 0.4) is 0 Å². The fraction of sp³-hybridized carbons (Fsp3) is 0.425. The zero-order valence-corrected chi connectivity index (χ0v) is 38.4. The average molecular weight is 1000 g/mol. The fourth-order valence-corrected chi connectivity index (χ4v) is 10.7. The maximum atomic E-state index is 16.7. The zero-order valence-electron chi connectivity index (χ0n) is 35.8. The Morgan fingerprint density at radius 1 is 0.971 bits per heavy atom. The Morgan fingerprint density at radius 2 is 1.72 bits per heavy atom. The van der Waals surface area contributed by atoms with Gasteiger partial charge in [-0.05, 0) is 36.1 Å². The molecule has 360 valence electrons. The van der Waals surface area contributed by atoms with Crippen LogP contribution < -0.4 is 5.32 Å². The minimum Gasteiger partial charge on any atom is -0.465 e. The molecule has 5 heterocycles. The lowest BCUT2D eigenvalue weighted by atomic mass is 10.0. The van der Waals surface area contributed by atoms with Crippen molar-refractivity contribution in [2.75, 3.05) is 52.1 Å². The number of amides is 1. The Hall–Kier alpha value is -5.57. The van der Waals surface area contributed by atoms with Crippen LogP contribution in [0.25, 0.3) is 22.2 Å². The highest BCUT2D eigenvalue weighted by molar-refractivity contribution is 8.07. The molecule has 68 heavy (non-hydrogen) atoms. The summed E-state index contributed by atoms with van der Waals surface area (Å²) >= 11 is 5.77. The molecule has 0 saturated carbocycles. The molecule has 2 N–H and O–H groups in total. The van der Waals surface area contributed by atoms with Crippen molar-refractivity contribution in [2.24, 2.45) is 5.92 Å². The van der Waals surface area contributed by atoms with Crippen LogP contribution in [0, 0.1) is 28.6 Å². The SMILES string of the molecule is C=CCOP(=O)(OCCC#N)O[C@H]1[C@@H](CF)[C@H](n2cnc3c(NC(=O)c4ccccc4)ncnc32)O[C@@H]1COP(=S)(OCCC#N)O[C@H]1[C@@H](F)[C@H](n2nnc3c(C(=O)OC)cccc32)O[C@@H]1CO. The van der Waals surface area contributed by atoms with Crippen LogP contribution in [0.1, 0.15) is 46.0 Å². The van der Waals surface area contributed by atoms with Crippen LogP contribution in [0.2, 0.25) is 0 Å². The number of aliphatic hydroxyl groups is 1. The molecule has 0 radical (unpaired) electrons. The first-order chi connectivity index (χ1) is 32.9. The van der Waals surface area contributed by atoms with Gasteiger partial charge in [-0.1, -0.05) is 35.6 Å². The van der Waals surface area contributed by atoms with Crippen LogP contribution in [0.4, 0.5) is 14.6 Å². The number of halogens is 2. The molecular formula is C40H42F2N10O13P2S. The second-order valence-electron chi connectivity index (χ2n) is 14.5. The van der Waals surface area contributed by atoms with Gasteiger partial charge in [-0.3, -0.25) is 31.8 Å². The van der Waals surface area contributed by atoms with Crippen molar-refractivity contribution in [1.82, 2.24) is 34.5 Å². The van der Waals surface area contributed by atoms with E-state index in [1.54, 1.807) is 30.3 Å². The van der Waals surface area contributed by atoms with E-state index < -0.39 is 102 Å². The maximum absolute atomic E-state index is 16.7. The third-order valence-electron chi connectivity index (χ3n) is 10.3. The number of hydrogen-bond donors (Lipinski definition) is 2. The number of alkyl halides is 2. The molecule has 3 aromatic heterocycles. The molecule has 0 bridgehead atoms. The molecular weight excluding hydrogens is 961 g/mol. The standard InChI is InChI=1S/C40H42F2N10O13P2S/c1-3-16-58-66(56,59-17-8-14-43)64-33-26(19-41)38(51-23-47-32-35(45-22-46-36(32)51)48-37(54)24-10-5-4-6-11-24)63-29(33)21-61-67(68,60-18-9-15-44)65-34-28(20-53)62-39(30(34)42)52-27-13-7-12-25(40(55)57-2)31(27)49-50-52/h3-7,10-13,22-23,26,28-30,33-34,38-39,53H,1,8-9,16-21H2,2H3,(H,45,46,48,54)/t26-,28-,29-,30-,33+,34-,38-,39-,66?,67?/m1/s1. The number of ether oxygens (including phenoxy) is 3. The van der Waals surface area contributed by atoms with Crippen molar-refractivity contribution in [3.63, 3.8) is 0 Å². The molecule has 23 nitrogen and oxygen atoms in total. The summed E-state index contributed by atoms with van der Waals surface area (Å²) in [7, 11) is -3.49. The molecule has 2 aliphatic heterocycles. The van der Waals surface area contributed by atoms with Gasteiger partial charge in [0.2, 0.25) is 0 Å². The summed E-state index contributed by atoms with van der Waals surface area (Å²) in [5.41, 5.74) is 0.781. The second kappa shape index (κ2) is 22.7. The molecule has 0 aliphatic carbocycles. The van der Waals surface area contributed by atoms with E-state index in [0.29, 0.717) is 5.56 Å². The number of carbonyl (C=O) groups is 2. The first-order valence-corrected chi connectivity index (χ1v) is 24.5. The molecule has 5 aromatic rings. The monoisotopic (exact) mass is 1000 g/mol. The minimum absolute atomic E-state index is 0.0130. The van der Waals surface area contributed by atoms with Gasteiger partial charge < -0.3 is 33.7 Å². The number of hydrogen-bond acceptors (Lipinski definition) is 21. The number of imidazole rings is 1. The highest BCUT2D eigenvalue weighted by atomic mass is 32.5. The number of nitrogens with one attached hydrogen (secondary N) is 1. The van der Waals surface area contributed by atoms with Gasteiger partial charge in [0.05, 0.1) is 95.1 Å². The molecule has 2 unspecified atom stereocenters. The summed E-state index contributed by atoms with van der Waals surface area (Å²) in [4.78, 5) is 38.4. The van der Waals surface area contributed by atoms with Gasteiger partial charge in [0.25, 0.3) is 5.91 Å². The Balaban J connectivity index is 1.19. The van der Waals surface area contributed by atoms with Gasteiger partial charge in [-0.25, -0.2) is 33.4 Å². The van der Waals surface area contributed by atoms with Gasteiger partial charge in [0, 0.05) is 5.56 Å². The number of fused-ring (bicyclic) bond motifs is 2. The zero-order chi connectivity index (χ0) is 48.4. The number of aromatic nitrogens is 7. The van der Waals surface area contributed by atoms with Crippen molar-refractivity contribution in [3.8, 4) is 12.1 Å². The number of benzene rings is 2. The lowest BCUT2D eigenvalue weighted by molar-refractivity contribution is -0.0560. The summed E-state index contributed by atoms with van der Waals surface area (Å²) in [6, 6.07) is 16.5. The van der Waals surface area contributed by atoms with Gasteiger partial charge in [0.15, 0.2) is 29.4 Å². The van der Waals surface area contributed by atoms with E-state index in [4.69, 9.17) is 58.4 Å². The Labute approximate surface area is 390 Å². The van der Waals surface area contributed by atoms with E-state index in [9.17, 15) is 24.5 Å². The highest BCUT2D eigenvalue weighted by Gasteiger charge is 2.53. The lowest BCUT2D eigenvalue weighted by Gasteiger charge is -2.30. The minimum atomic E-state index is -4.67. The number of carbonyl (C=O) groups excluding carboxylic acids is 2. The Morgan fingerprint density at radius 3 is 2.43 bits per heavy atom. The van der Waals surface area contributed by atoms with Crippen LogP contribution in [-0.4, -0.2) is 129 Å². The molecule has 0 spiro atoms. The van der Waals surface area contributed by atoms with E-state index in [2.05, 4.69) is 37.2 Å². The van der Waals surface area contributed by atoms with Crippen LogP contribution in [0.15, 0.2) is 73.8 Å². The van der Waals surface area contributed by atoms with Gasteiger partial charge in [-0.15, -0.1) is 11.7 Å². The first kappa shape index (κ1) is 50.3. The molecule has 1 amide bonds. The van der Waals surface area contributed by atoms with Crippen molar-refractivity contribution in [2.45, 2.75) is 55.9 Å². The number of rotatable bonds is 23. The van der Waals surface area contributed by atoms with Crippen LogP contribution in [-0.2, 0) is 57.7 Å². The number of methoxy groups -OCH3 is 1. The van der Waals surface area contributed by atoms with Gasteiger partial charge in [-0.2, -0.15) is 10.5 Å². The molecule has 10 atom stereocenters. The number of esters is 1. The third-order valence-corrected chi connectivity index (χ3v) is 14.1. The number of anilines is 1. The van der Waals surface area contributed by atoms with Gasteiger partial charge >= 0.3 is 20.5 Å². The van der Waals surface area contributed by atoms with Crippen molar-refractivity contribution < 1.29 is 69.4 Å². The van der Waals surface area contributed by atoms with Crippen molar-refractivity contribution >= 4 is 66.2 Å². The predicted molar refractivity (Wildman–Crippen MR) is 234 cm³/mol. The summed E-state index contributed by atoms with van der Waals surface area (Å²) < 4.78 is 101. The Bertz CT molecular complexity index is 2780. The smallest absolute Gasteiger partial charge is 0.465 e. The van der Waals surface area contributed by atoms with E-state index in [-0.39, 0.29) is 59.6 Å². The van der Waals surface area contributed by atoms with Crippen molar-refractivity contribution in [3.05, 3.63) is 85.0 Å². The topological polar surface area (TPSA) is 288 Å². The first-order valence-electron chi connectivity index (χ1n) is 20.5. The van der Waals surface area contributed by atoms with E-state index >= 15 is 8.78 Å². The summed E-state index contributed by atoms with van der Waals surface area (Å²) in [6.07, 6.45) is -8.11. The number of phosphoric acid groups is 1. The van der Waals surface area contributed by atoms with E-state index in [1.165, 1.54) is 42.3 Å². The highest BCUT2D eigenvalue weighted by Crippen LogP contribution is 2.57. The molecule has 28 heteroatoms. The van der Waals surface area contributed by atoms with Gasteiger partial charge in [0.1, 0.15) is 42.5 Å². The fourth-order valence-electron chi connectivity index (χ4n) is 7.21. The molecule has 2 saturated heterocycles. The Kier molecular flexibility index (Phi) is 16.8. The predicted octanol–water partition coefficient (Wildman–Crippen LogP) is 5.20. The van der Waals surface area contributed by atoms with Crippen LogP contribution >= 0.6 is 14.5 Å². The van der Waals surface area contributed by atoms with Crippen LogP contribution in [0.5, 0.6) is 0 Å². The van der Waals surface area contributed by atoms with E-state index in [1.807, 2.05) is 12.1 Å². The lowest BCUT2D eigenvalue weighted by Crippen LogP contribution is -2.36. The number of nitriles is 2. The largest absolute Gasteiger partial charge is 0.475 e. The summed E-state index contributed by atoms with van der Waals surface area (Å²) in [5, 5.41) is 39.6. The molecule has 2 aliphatic rings. The quantitative estimate of drug-likeness (QED) is 0.0368.